The van der Waals surface area contributed by atoms with Crippen molar-refractivity contribution in [1.82, 2.24) is 4.98 Å². The highest BCUT2D eigenvalue weighted by Crippen LogP contribution is 2.20. The predicted octanol–water partition coefficient (Wildman–Crippen LogP) is 4.61. The molecule has 3 nitrogen and oxygen atoms in total. The summed E-state index contributed by atoms with van der Waals surface area (Å²) in [6.07, 6.45) is 1.67. The standard InChI is InChI=1S/C19H18N2O/c1-13(2)14-7-9-15(10-8-14)21-19(22)17-11-12-20-18-6-4-3-5-16(17)18/h3-13H,1-2H3,(H,21,22). The molecule has 2 aromatic carbocycles. The van der Waals surface area contributed by atoms with E-state index in [1.54, 1.807) is 12.3 Å². The van der Waals surface area contributed by atoms with E-state index < -0.39 is 0 Å². The molecular formula is C19H18N2O. The van der Waals surface area contributed by atoms with Gasteiger partial charge in [0.05, 0.1) is 11.1 Å². The summed E-state index contributed by atoms with van der Waals surface area (Å²) in [5.74, 6) is 0.366. The quantitative estimate of drug-likeness (QED) is 0.765. The number of para-hydroxylation sites is 1. The van der Waals surface area contributed by atoms with Crippen molar-refractivity contribution in [2.45, 2.75) is 19.8 Å². The average molecular weight is 290 g/mol. The van der Waals surface area contributed by atoms with Crippen LogP contribution in [0.4, 0.5) is 5.69 Å². The number of aromatic nitrogens is 1. The SMILES string of the molecule is CC(C)c1ccc(NC(=O)c2ccnc3ccccc23)cc1. The second-order valence-electron chi connectivity index (χ2n) is 5.61. The number of pyridine rings is 1. The summed E-state index contributed by atoms with van der Waals surface area (Å²) in [7, 11) is 0. The maximum atomic E-state index is 12.5. The van der Waals surface area contributed by atoms with Crippen molar-refractivity contribution in [2.75, 3.05) is 5.32 Å². The Labute approximate surface area is 130 Å². The maximum absolute atomic E-state index is 12.5. The first kappa shape index (κ1) is 14.3. The zero-order chi connectivity index (χ0) is 15.5. The molecule has 3 rings (SSSR count). The van der Waals surface area contributed by atoms with Gasteiger partial charge in [0, 0.05) is 17.3 Å². The van der Waals surface area contributed by atoms with Crippen LogP contribution in [-0.2, 0) is 0 Å². The molecule has 0 radical (unpaired) electrons. The van der Waals surface area contributed by atoms with Gasteiger partial charge in [-0.3, -0.25) is 9.78 Å². The molecule has 0 aliphatic heterocycles. The Morgan fingerprint density at radius 3 is 2.45 bits per heavy atom. The highest BCUT2D eigenvalue weighted by molar-refractivity contribution is 6.12. The number of carbonyl (C=O) groups is 1. The van der Waals surface area contributed by atoms with Gasteiger partial charge < -0.3 is 5.32 Å². The van der Waals surface area contributed by atoms with Gasteiger partial charge >= 0.3 is 0 Å². The van der Waals surface area contributed by atoms with E-state index in [9.17, 15) is 4.79 Å². The van der Waals surface area contributed by atoms with Gasteiger partial charge in [-0.05, 0) is 35.7 Å². The molecule has 22 heavy (non-hydrogen) atoms. The van der Waals surface area contributed by atoms with E-state index in [4.69, 9.17) is 0 Å². The first-order valence-corrected chi connectivity index (χ1v) is 7.40. The molecule has 0 aliphatic carbocycles. The number of nitrogens with one attached hydrogen (secondary N) is 1. The Morgan fingerprint density at radius 2 is 1.73 bits per heavy atom. The second kappa shape index (κ2) is 5.98. The second-order valence-corrected chi connectivity index (χ2v) is 5.61. The number of carbonyl (C=O) groups excluding carboxylic acids is 1. The smallest absolute Gasteiger partial charge is 0.256 e. The Balaban J connectivity index is 1.87. The van der Waals surface area contributed by atoms with Gasteiger partial charge in [0.25, 0.3) is 5.91 Å². The summed E-state index contributed by atoms with van der Waals surface area (Å²) in [6, 6.07) is 17.4. The van der Waals surface area contributed by atoms with E-state index in [-0.39, 0.29) is 5.91 Å². The van der Waals surface area contributed by atoms with Crippen molar-refractivity contribution in [3.8, 4) is 0 Å². The Bertz CT molecular complexity index is 802. The molecule has 0 fully saturated rings. The highest BCUT2D eigenvalue weighted by atomic mass is 16.1. The summed E-state index contributed by atoms with van der Waals surface area (Å²) in [5, 5.41) is 3.81. The predicted molar refractivity (Wildman–Crippen MR) is 90.2 cm³/mol. The van der Waals surface area contributed by atoms with Crippen LogP contribution < -0.4 is 5.32 Å². The van der Waals surface area contributed by atoms with E-state index in [0.29, 0.717) is 11.5 Å². The molecule has 3 aromatic rings. The van der Waals surface area contributed by atoms with Crippen LogP contribution in [0, 0.1) is 0 Å². The molecule has 3 heteroatoms. The molecule has 1 heterocycles. The van der Waals surface area contributed by atoms with Crippen LogP contribution in [0.5, 0.6) is 0 Å². The number of fused-ring (bicyclic) bond motifs is 1. The number of benzene rings is 2. The largest absolute Gasteiger partial charge is 0.322 e. The number of hydrogen-bond donors (Lipinski definition) is 1. The topological polar surface area (TPSA) is 42.0 Å². The van der Waals surface area contributed by atoms with Crippen LogP contribution in [-0.4, -0.2) is 10.9 Å². The highest BCUT2D eigenvalue weighted by Gasteiger charge is 2.10. The van der Waals surface area contributed by atoms with E-state index in [0.717, 1.165) is 16.6 Å². The van der Waals surface area contributed by atoms with Crippen LogP contribution in [0.1, 0.15) is 35.7 Å². The molecule has 0 saturated carbocycles. The Hall–Kier alpha value is -2.68. The number of rotatable bonds is 3. The normalized spacial score (nSPS) is 10.9. The van der Waals surface area contributed by atoms with Crippen LogP contribution in [0.2, 0.25) is 0 Å². The van der Waals surface area contributed by atoms with Crippen LogP contribution in [0.25, 0.3) is 10.9 Å². The van der Waals surface area contributed by atoms with Crippen molar-refractivity contribution in [3.05, 3.63) is 71.9 Å². The fraction of sp³-hybridized carbons (Fsp3) is 0.158. The molecular weight excluding hydrogens is 272 g/mol. The minimum absolute atomic E-state index is 0.115. The zero-order valence-electron chi connectivity index (χ0n) is 12.7. The lowest BCUT2D eigenvalue weighted by atomic mass is 10.0. The fourth-order valence-corrected chi connectivity index (χ4v) is 2.44. The van der Waals surface area contributed by atoms with Gasteiger partial charge in [-0.25, -0.2) is 0 Å². The van der Waals surface area contributed by atoms with E-state index >= 15 is 0 Å². The van der Waals surface area contributed by atoms with E-state index in [1.807, 2.05) is 48.5 Å². The average Bonchev–Trinajstić information content (AvgIpc) is 2.54. The lowest BCUT2D eigenvalue weighted by molar-refractivity contribution is 0.102. The van der Waals surface area contributed by atoms with Gasteiger partial charge in [0.2, 0.25) is 0 Å². The summed E-state index contributed by atoms with van der Waals surface area (Å²) in [4.78, 5) is 16.8. The van der Waals surface area contributed by atoms with Crippen LogP contribution >= 0.6 is 0 Å². The van der Waals surface area contributed by atoms with Gasteiger partial charge in [-0.15, -0.1) is 0 Å². The lowest BCUT2D eigenvalue weighted by Crippen LogP contribution is -2.12. The molecule has 1 N–H and O–H groups in total. The lowest BCUT2D eigenvalue weighted by Gasteiger charge is -2.09. The number of anilines is 1. The molecule has 0 bridgehead atoms. The van der Waals surface area contributed by atoms with Crippen LogP contribution in [0.3, 0.4) is 0 Å². The summed E-state index contributed by atoms with van der Waals surface area (Å²) in [5.41, 5.74) is 3.52. The first-order valence-electron chi connectivity index (χ1n) is 7.40. The van der Waals surface area contributed by atoms with E-state index in [1.165, 1.54) is 5.56 Å². The molecule has 0 saturated heterocycles. The third kappa shape index (κ3) is 2.84. The summed E-state index contributed by atoms with van der Waals surface area (Å²) < 4.78 is 0. The Morgan fingerprint density at radius 1 is 1.00 bits per heavy atom. The molecule has 1 amide bonds. The third-order valence-corrected chi connectivity index (χ3v) is 3.73. The summed E-state index contributed by atoms with van der Waals surface area (Å²) in [6.45, 7) is 4.30. The minimum Gasteiger partial charge on any atom is -0.322 e. The van der Waals surface area contributed by atoms with Crippen LogP contribution in [0.15, 0.2) is 60.8 Å². The third-order valence-electron chi connectivity index (χ3n) is 3.73. The first-order chi connectivity index (χ1) is 10.6. The van der Waals surface area contributed by atoms with Crippen molar-refractivity contribution in [2.24, 2.45) is 0 Å². The van der Waals surface area contributed by atoms with Gasteiger partial charge in [0.15, 0.2) is 0 Å². The molecule has 0 atom stereocenters. The molecule has 0 spiro atoms. The molecule has 0 unspecified atom stereocenters. The molecule has 1 aromatic heterocycles. The molecule has 0 aliphatic rings. The van der Waals surface area contributed by atoms with Crippen molar-refractivity contribution in [3.63, 3.8) is 0 Å². The zero-order valence-corrected chi connectivity index (χ0v) is 12.7. The van der Waals surface area contributed by atoms with Crippen molar-refractivity contribution in [1.29, 1.82) is 0 Å². The van der Waals surface area contributed by atoms with Gasteiger partial charge in [-0.1, -0.05) is 44.2 Å². The number of hydrogen-bond acceptors (Lipinski definition) is 2. The molecule has 110 valence electrons. The van der Waals surface area contributed by atoms with E-state index in [2.05, 4.69) is 24.1 Å². The summed E-state index contributed by atoms with van der Waals surface area (Å²) >= 11 is 0. The van der Waals surface area contributed by atoms with Gasteiger partial charge in [-0.2, -0.15) is 0 Å². The van der Waals surface area contributed by atoms with Crippen molar-refractivity contribution >= 4 is 22.5 Å². The van der Waals surface area contributed by atoms with Gasteiger partial charge in [0.1, 0.15) is 0 Å². The Kier molecular flexibility index (Phi) is 3.88. The maximum Gasteiger partial charge on any atom is 0.256 e. The van der Waals surface area contributed by atoms with Crippen molar-refractivity contribution < 1.29 is 4.79 Å². The number of nitrogens with zero attached hydrogens (tertiary/aromatic N) is 1. The fourth-order valence-electron chi connectivity index (χ4n) is 2.44. The minimum atomic E-state index is -0.115. The monoisotopic (exact) mass is 290 g/mol. The number of amides is 1.